The third-order valence-electron chi connectivity index (χ3n) is 4.28. The maximum atomic E-state index is 12.6. The minimum Gasteiger partial charge on any atom is -0.466 e. The van der Waals surface area contributed by atoms with Gasteiger partial charge >= 0.3 is 0 Å². The second-order valence-electron chi connectivity index (χ2n) is 6.18. The van der Waals surface area contributed by atoms with Crippen LogP contribution in [-0.4, -0.2) is 52.8 Å². The minimum atomic E-state index is -0.773. The molecule has 1 aliphatic heterocycles. The van der Waals surface area contributed by atoms with Crippen molar-refractivity contribution in [2.24, 2.45) is 7.05 Å². The van der Waals surface area contributed by atoms with Crippen molar-refractivity contribution in [2.45, 2.75) is 25.5 Å². The Bertz CT molecular complexity index is 766. The third-order valence-corrected chi connectivity index (χ3v) is 4.28. The Kier molecular flexibility index (Phi) is 4.89. The van der Waals surface area contributed by atoms with Gasteiger partial charge in [-0.1, -0.05) is 0 Å². The molecule has 2 aromatic rings. The van der Waals surface area contributed by atoms with E-state index in [9.17, 15) is 9.59 Å². The zero-order valence-electron chi connectivity index (χ0n) is 14.6. The number of likely N-dealkylation sites (N-methyl/N-ethyl adjacent to an activating group) is 1. The molecule has 0 radical (unpaired) electrons. The highest BCUT2D eigenvalue weighted by atomic mass is 16.5. The monoisotopic (exact) mass is 346 g/mol. The summed E-state index contributed by atoms with van der Waals surface area (Å²) in [4.78, 5) is 26.1. The van der Waals surface area contributed by atoms with E-state index in [0.717, 1.165) is 17.1 Å². The van der Waals surface area contributed by atoms with E-state index in [4.69, 9.17) is 9.15 Å². The SMILES string of the molecule is Cc1ccc(CCNC(=O)[C@@H]2OCC(=O)N(C)[C@@H]2c2cnn(C)c2)o1. The number of carbonyl (C=O) groups is 2. The molecule has 8 heteroatoms. The number of ether oxygens (including phenoxy) is 1. The molecular formula is C17H22N4O4. The van der Waals surface area contributed by atoms with Crippen molar-refractivity contribution in [1.29, 1.82) is 0 Å². The molecule has 3 heterocycles. The standard InChI is InChI=1S/C17H22N4O4/c1-11-4-5-13(25-11)6-7-18-17(23)16-15(12-8-19-20(2)9-12)21(3)14(22)10-24-16/h4-5,8-9,15-16H,6-7,10H2,1-3H3,(H,18,23)/t15-,16-/m1/s1. The molecule has 0 aliphatic carbocycles. The maximum Gasteiger partial charge on any atom is 0.251 e. The molecule has 1 fully saturated rings. The van der Waals surface area contributed by atoms with Crippen LogP contribution in [0.2, 0.25) is 0 Å². The fourth-order valence-electron chi connectivity index (χ4n) is 2.95. The van der Waals surface area contributed by atoms with E-state index < -0.39 is 12.1 Å². The lowest BCUT2D eigenvalue weighted by molar-refractivity contribution is -0.162. The van der Waals surface area contributed by atoms with Crippen LogP contribution in [0.25, 0.3) is 0 Å². The van der Waals surface area contributed by atoms with E-state index in [1.54, 1.807) is 36.1 Å². The lowest BCUT2D eigenvalue weighted by Crippen LogP contribution is -2.53. The van der Waals surface area contributed by atoms with Gasteiger partial charge in [-0.05, 0) is 19.1 Å². The lowest BCUT2D eigenvalue weighted by atomic mass is 10.0. The number of hydrogen-bond acceptors (Lipinski definition) is 5. The molecule has 3 rings (SSSR count). The maximum absolute atomic E-state index is 12.6. The average Bonchev–Trinajstić information content (AvgIpc) is 3.18. The molecule has 0 saturated carbocycles. The fourth-order valence-corrected chi connectivity index (χ4v) is 2.95. The van der Waals surface area contributed by atoms with Crippen LogP contribution in [-0.2, 0) is 27.8 Å². The van der Waals surface area contributed by atoms with Crippen molar-refractivity contribution in [2.75, 3.05) is 20.2 Å². The first-order valence-electron chi connectivity index (χ1n) is 8.14. The molecule has 0 spiro atoms. The van der Waals surface area contributed by atoms with Crippen molar-refractivity contribution in [3.05, 3.63) is 41.6 Å². The highest BCUT2D eigenvalue weighted by Gasteiger charge is 2.40. The van der Waals surface area contributed by atoms with Crippen LogP contribution in [0.15, 0.2) is 28.9 Å². The molecule has 0 bridgehead atoms. The van der Waals surface area contributed by atoms with Crippen LogP contribution in [0.4, 0.5) is 0 Å². The van der Waals surface area contributed by atoms with E-state index in [-0.39, 0.29) is 18.4 Å². The van der Waals surface area contributed by atoms with Crippen molar-refractivity contribution in [3.63, 3.8) is 0 Å². The average molecular weight is 346 g/mol. The molecule has 8 nitrogen and oxygen atoms in total. The van der Waals surface area contributed by atoms with Crippen molar-refractivity contribution < 1.29 is 18.7 Å². The van der Waals surface area contributed by atoms with E-state index in [0.29, 0.717) is 13.0 Å². The first kappa shape index (κ1) is 17.2. The number of carbonyl (C=O) groups excluding carboxylic acids is 2. The summed E-state index contributed by atoms with van der Waals surface area (Å²) in [5.74, 6) is 1.24. The van der Waals surface area contributed by atoms with Crippen LogP contribution in [0.5, 0.6) is 0 Å². The second-order valence-corrected chi connectivity index (χ2v) is 6.18. The Balaban J connectivity index is 1.67. The van der Waals surface area contributed by atoms with Crippen LogP contribution >= 0.6 is 0 Å². The third kappa shape index (κ3) is 3.74. The van der Waals surface area contributed by atoms with Gasteiger partial charge in [-0.2, -0.15) is 5.10 Å². The van der Waals surface area contributed by atoms with E-state index in [2.05, 4.69) is 10.4 Å². The van der Waals surface area contributed by atoms with E-state index in [1.165, 1.54) is 0 Å². The molecule has 25 heavy (non-hydrogen) atoms. The number of aryl methyl sites for hydroxylation is 2. The molecule has 134 valence electrons. The quantitative estimate of drug-likeness (QED) is 0.855. The van der Waals surface area contributed by atoms with Gasteiger partial charge in [-0.15, -0.1) is 0 Å². The number of hydrogen-bond donors (Lipinski definition) is 1. The van der Waals surface area contributed by atoms with E-state index >= 15 is 0 Å². The number of amides is 2. The highest BCUT2D eigenvalue weighted by molar-refractivity contribution is 5.86. The molecule has 1 saturated heterocycles. The van der Waals surface area contributed by atoms with Crippen molar-refractivity contribution in [3.8, 4) is 0 Å². The summed E-state index contributed by atoms with van der Waals surface area (Å²) in [5.41, 5.74) is 0.764. The summed E-state index contributed by atoms with van der Waals surface area (Å²) in [6.45, 7) is 2.20. The predicted octanol–water partition coefficient (Wildman–Crippen LogP) is 0.579. The van der Waals surface area contributed by atoms with Gasteiger partial charge in [0.25, 0.3) is 5.91 Å². The van der Waals surface area contributed by atoms with E-state index in [1.807, 2.05) is 19.1 Å². The molecule has 2 atom stereocenters. The smallest absolute Gasteiger partial charge is 0.251 e. The molecule has 0 aromatic carbocycles. The largest absolute Gasteiger partial charge is 0.466 e. The number of furan rings is 1. The zero-order chi connectivity index (χ0) is 18.0. The Morgan fingerprint density at radius 2 is 2.20 bits per heavy atom. The first-order chi connectivity index (χ1) is 12.0. The first-order valence-corrected chi connectivity index (χ1v) is 8.14. The number of rotatable bonds is 5. The fraction of sp³-hybridized carbons (Fsp3) is 0.471. The van der Waals surface area contributed by atoms with Gasteiger partial charge in [0.1, 0.15) is 18.1 Å². The predicted molar refractivity (Wildman–Crippen MR) is 88.6 cm³/mol. The number of nitrogens with zero attached hydrogens (tertiary/aromatic N) is 3. The summed E-state index contributed by atoms with van der Waals surface area (Å²) < 4.78 is 12.7. The molecule has 0 unspecified atom stereocenters. The summed E-state index contributed by atoms with van der Waals surface area (Å²) in [5, 5.41) is 6.99. The van der Waals surface area contributed by atoms with Crippen molar-refractivity contribution in [1.82, 2.24) is 20.0 Å². The topological polar surface area (TPSA) is 89.6 Å². The Morgan fingerprint density at radius 3 is 2.84 bits per heavy atom. The van der Waals surface area contributed by atoms with Crippen LogP contribution < -0.4 is 5.32 Å². The van der Waals surface area contributed by atoms with Gasteiger partial charge in [0.05, 0.1) is 12.2 Å². The lowest BCUT2D eigenvalue weighted by Gasteiger charge is -2.37. The van der Waals surface area contributed by atoms with Crippen LogP contribution in [0.1, 0.15) is 23.1 Å². The normalized spacial score (nSPS) is 20.8. The molecule has 2 amide bonds. The van der Waals surface area contributed by atoms with Gasteiger partial charge in [0, 0.05) is 38.8 Å². The summed E-state index contributed by atoms with van der Waals surface area (Å²) >= 11 is 0. The summed E-state index contributed by atoms with van der Waals surface area (Å²) in [7, 11) is 3.46. The summed E-state index contributed by atoms with van der Waals surface area (Å²) in [6, 6.07) is 3.28. The number of aromatic nitrogens is 2. The molecular weight excluding hydrogens is 324 g/mol. The van der Waals surface area contributed by atoms with Gasteiger partial charge in [-0.3, -0.25) is 14.3 Å². The molecule has 1 N–H and O–H groups in total. The number of morpholine rings is 1. The summed E-state index contributed by atoms with van der Waals surface area (Å²) in [6.07, 6.45) is 3.26. The Hall–Kier alpha value is -2.61. The molecule has 2 aromatic heterocycles. The zero-order valence-corrected chi connectivity index (χ0v) is 14.6. The molecule has 1 aliphatic rings. The second kappa shape index (κ2) is 7.10. The Labute approximate surface area is 145 Å². The van der Waals surface area contributed by atoms with Gasteiger partial charge in [0.15, 0.2) is 6.10 Å². The van der Waals surface area contributed by atoms with Gasteiger partial charge in [0.2, 0.25) is 5.91 Å². The van der Waals surface area contributed by atoms with Gasteiger partial charge < -0.3 is 19.4 Å². The minimum absolute atomic E-state index is 0.108. The van der Waals surface area contributed by atoms with Crippen LogP contribution in [0, 0.1) is 6.92 Å². The van der Waals surface area contributed by atoms with Crippen LogP contribution in [0.3, 0.4) is 0 Å². The Morgan fingerprint density at radius 1 is 1.40 bits per heavy atom. The van der Waals surface area contributed by atoms with Crippen molar-refractivity contribution >= 4 is 11.8 Å². The number of nitrogens with one attached hydrogen (secondary N) is 1. The highest BCUT2D eigenvalue weighted by Crippen LogP contribution is 2.28. The van der Waals surface area contributed by atoms with Gasteiger partial charge in [-0.25, -0.2) is 0 Å².